The fraction of sp³-hybridized carbons (Fsp3) is 0.250. The van der Waals surface area contributed by atoms with Gasteiger partial charge in [0, 0.05) is 32.4 Å². The van der Waals surface area contributed by atoms with E-state index in [-0.39, 0.29) is 0 Å². The zero-order chi connectivity index (χ0) is 32.0. The minimum Gasteiger partial charge on any atom is -0.380 e. The molecule has 1 heterocycles. The molecule has 0 unspecified atom stereocenters. The van der Waals surface area contributed by atoms with Gasteiger partial charge in [-0.1, -0.05) is 121 Å². The highest BCUT2D eigenvalue weighted by Gasteiger charge is 2.32. The first-order chi connectivity index (χ1) is 22.3. The van der Waals surface area contributed by atoms with Crippen LogP contribution in [0.2, 0.25) is 0 Å². The third kappa shape index (κ3) is 7.65. The maximum absolute atomic E-state index is 12.5. The quantitative estimate of drug-likeness (QED) is 0.176. The summed E-state index contributed by atoms with van der Waals surface area (Å²) in [6.45, 7) is 5.36. The molecule has 0 spiro atoms. The number of aliphatic hydroxyl groups is 1. The molecule has 0 saturated carbocycles. The Labute approximate surface area is 273 Å². The van der Waals surface area contributed by atoms with Crippen LogP contribution in [0, 0.1) is 0 Å². The summed E-state index contributed by atoms with van der Waals surface area (Å²) in [6, 6.07) is 44.7. The zero-order valence-corrected chi connectivity index (χ0v) is 27.2. The van der Waals surface area contributed by atoms with E-state index >= 15 is 0 Å². The first kappa shape index (κ1) is 31.9. The Morgan fingerprint density at radius 3 is 1.54 bits per heavy atom. The number of benzene rings is 5. The SMILES string of the molecule is CS(=O)(=O)c1ccc(CN2CCCN(CCC(O)(c3ccc(-c4ccccc4)cc3)c3ccc(-c4ccccc4)cc3)CC2)cc1. The normalized spacial score (nSPS) is 15.0. The molecular weight excluding hydrogens is 589 g/mol. The van der Waals surface area contributed by atoms with Crippen molar-refractivity contribution in [1.82, 2.24) is 9.80 Å². The molecule has 0 bridgehead atoms. The molecule has 5 aromatic rings. The summed E-state index contributed by atoms with van der Waals surface area (Å²) in [7, 11) is -3.20. The lowest BCUT2D eigenvalue weighted by Crippen LogP contribution is -2.36. The minimum atomic E-state index is -3.20. The van der Waals surface area contributed by atoms with E-state index in [4.69, 9.17) is 0 Å². The topological polar surface area (TPSA) is 60.9 Å². The molecule has 6 heteroatoms. The highest BCUT2D eigenvalue weighted by atomic mass is 32.2. The van der Waals surface area contributed by atoms with Gasteiger partial charge in [-0.2, -0.15) is 0 Å². The molecule has 1 fully saturated rings. The molecule has 0 amide bonds. The molecular formula is C40H42N2O3S. The van der Waals surface area contributed by atoms with Gasteiger partial charge in [-0.3, -0.25) is 4.90 Å². The molecule has 1 aliphatic heterocycles. The van der Waals surface area contributed by atoms with E-state index < -0.39 is 15.4 Å². The number of hydrogen-bond donors (Lipinski definition) is 1. The van der Waals surface area contributed by atoms with Gasteiger partial charge in [0.05, 0.1) is 4.90 Å². The van der Waals surface area contributed by atoms with Crippen molar-refractivity contribution in [3.05, 3.63) is 150 Å². The Bertz CT molecular complexity index is 1720. The monoisotopic (exact) mass is 630 g/mol. The summed E-state index contributed by atoms with van der Waals surface area (Å²) < 4.78 is 23.7. The standard InChI is InChI=1S/C40H42N2O3S/c1-46(44,45)39-23-13-32(14-24-39)31-42-27-8-26-41(29-30-42)28-25-40(43,37-19-15-35(16-20-37)33-9-4-2-5-10-33)38-21-17-36(18-22-38)34-11-6-3-7-12-34/h2-7,9-24,43H,8,25-31H2,1H3. The van der Waals surface area contributed by atoms with Gasteiger partial charge < -0.3 is 10.0 Å². The van der Waals surface area contributed by atoms with E-state index in [9.17, 15) is 13.5 Å². The maximum atomic E-state index is 12.5. The number of sulfone groups is 1. The van der Waals surface area contributed by atoms with Crippen molar-refractivity contribution in [3.63, 3.8) is 0 Å². The summed E-state index contributed by atoms with van der Waals surface area (Å²) in [5.74, 6) is 0. The highest BCUT2D eigenvalue weighted by molar-refractivity contribution is 7.90. The van der Waals surface area contributed by atoms with Gasteiger partial charge in [0.2, 0.25) is 0 Å². The lowest BCUT2D eigenvalue weighted by molar-refractivity contribution is 0.0577. The van der Waals surface area contributed by atoms with E-state index in [1.807, 2.05) is 48.5 Å². The summed E-state index contributed by atoms with van der Waals surface area (Å²) >= 11 is 0. The Morgan fingerprint density at radius 2 is 1.04 bits per heavy atom. The van der Waals surface area contributed by atoms with E-state index in [0.717, 1.165) is 84.6 Å². The number of rotatable bonds is 10. The van der Waals surface area contributed by atoms with E-state index in [1.165, 1.54) is 6.26 Å². The van der Waals surface area contributed by atoms with Gasteiger partial charge in [-0.25, -0.2) is 8.42 Å². The predicted molar refractivity (Wildman–Crippen MR) is 187 cm³/mol. The molecule has 1 N–H and O–H groups in total. The molecule has 46 heavy (non-hydrogen) atoms. The first-order valence-electron chi connectivity index (χ1n) is 16.1. The largest absolute Gasteiger partial charge is 0.380 e. The van der Waals surface area contributed by atoms with Crippen LogP contribution in [0.15, 0.2) is 138 Å². The second kappa shape index (κ2) is 14.1. The van der Waals surface area contributed by atoms with Crippen LogP contribution in [0.5, 0.6) is 0 Å². The molecule has 0 radical (unpaired) electrons. The van der Waals surface area contributed by atoms with Gasteiger partial charge in [-0.05, 0) is 77.0 Å². The third-order valence-electron chi connectivity index (χ3n) is 9.17. The van der Waals surface area contributed by atoms with Gasteiger partial charge in [0.25, 0.3) is 0 Å². The van der Waals surface area contributed by atoms with Crippen molar-refractivity contribution in [2.24, 2.45) is 0 Å². The van der Waals surface area contributed by atoms with Crippen LogP contribution >= 0.6 is 0 Å². The minimum absolute atomic E-state index is 0.357. The van der Waals surface area contributed by atoms with E-state index in [0.29, 0.717) is 11.3 Å². The van der Waals surface area contributed by atoms with Gasteiger partial charge in [0.1, 0.15) is 5.60 Å². The van der Waals surface area contributed by atoms with Crippen LogP contribution in [-0.4, -0.2) is 62.3 Å². The maximum Gasteiger partial charge on any atom is 0.175 e. The smallest absolute Gasteiger partial charge is 0.175 e. The third-order valence-corrected chi connectivity index (χ3v) is 10.3. The van der Waals surface area contributed by atoms with Crippen LogP contribution in [0.25, 0.3) is 22.3 Å². The highest BCUT2D eigenvalue weighted by Crippen LogP contribution is 2.36. The molecule has 236 valence electrons. The fourth-order valence-corrected chi connectivity index (χ4v) is 7.05. The van der Waals surface area contributed by atoms with Crippen molar-refractivity contribution in [1.29, 1.82) is 0 Å². The molecule has 0 aliphatic carbocycles. The summed E-state index contributed by atoms with van der Waals surface area (Å²) in [6.07, 6.45) is 2.86. The van der Waals surface area contributed by atoms with Crippen molar-refractivity contribution in [2.75, 3.05) is 39.0 Å². The second-order valence-corrected chi connectivity index (χ2v) is 14.4. The van der Waals surface area contributed by atoms with Crippen LogP contribution in [0.3, 0.4) is 0 Å². The Hall–Kier alpha value is -4.07. The van der Waals surface area contributed by atoms with Gasteiger partial charge in [-0.15, -0.1) is 0 Å². The van der Waals surface area contributed by atoms with Crippen molar-refractivity contribution in [3.8, 4) is 22.3 Å². The van der Waals surface area contributed by atoms with Crippen LogP contribution in [0.1, 0.15) is 29.5 Å². The molecule has 1 aliphatic rings. The van der Waals surface area contributed by atoms with Crippen LogP contribution in [0.4, 0.5) is 0 Å². The lowest BCUT2D eigenvalue weighted by Gasteiger charge is -2.32. The number of nitrogens with zero attached hydrogens (tertiary/aromatic N) is 2. The predicted octanol–water partition coefficient (Wildman–Crippen LogP) is 7.26. The average Bonchev–Trinajstić information content (AvgIpc) is 3.33. The molecule has 6 rings (SSSR count). The average molecular weight is 631 g/mol. The Balaban J connectivity index is 1.17. The molecule has 1 saturated heterocycles. The second-order valence-electron chi connectivity index (χ2n) is 12.4. The van der Waals surface area contributed by atoms with Gasteiger partial charge >= 0.3 is 0 Å². The van der Waals surface area contributed by atoms with Gasteiger partial charge in [0.15, 0.2) is 9.84 Å². The van der Waals surface area contributed by atoms with E-state index in [1.54, 1.807) is 12.1 Å². The van der Waals surface area contributed by atoms with Crippen molar-refractivity contribution in [2.45, 2.75) is 29.9 Å². The fourth-order valence-electron chi connectivity index (χ4n) is 6.42. The van der Waals surface area contributed by atoms with Crippen LogP contribution < -0.4 is 0 Å². The van der Waals surface area contributed by atoms with Crippen molar-refractivity contribution >= 4 is 9.84 Å². The van der Waals surface area contributed by atoms with E-state index in [2.05, 4.69) is 82.6 Å². The Kier molecular flexibility index (Phi) is 9.81. The lowest BCUT2D eigenvalue weighted by atomic mass is 9.82. The molecule has 0 atom stereocenters. The molecule has 5 nitrogen and oxygen atoms in total. The first-order valence-corrected chi connectivity index (χ1v) is 18.0. The number of hydrogen-bond acceptors (Lipinski definition) is 5. The molecule has 5 aromatic carbocycles. The zero-order valence-electron chi connectivity index (χ0n) is 26.4. The summed E-state index contributed by atoms with van der Waals surface area (Å²) in [4.78, 5) is 5.26. The van der Waals surface area contributed by atoms with Crippen LogP contribution in [-0.2, 0) is 22.0 Å². The van der Waals surface area contributed by atoms with Crippen molar-refractivity contribution < 1.29 is 13.5 Å². The summed E-state index contributed by atoms with van der Waals surface area (Å²) in [5, 5.41) is 12.5. The molecule has 0 aromatic heterocycles. The summed E-state index contributed by atoms with van der Waals surface area (Å²) in [5.41, 5.74) is 6.35. The Morgan fingerprint density at radius 1 is 0.587 bits per heavy atom.